The molecule has 0 spiro atoms. The molecule has 0 bridgehead atoms. The second kappa shape index (κ2) is 4.31. The first-order valence-corrected chi connectivity index (χ1v) is 5.46. The molecule has 2 unspecified atom stereocenters. The van der Waals surface area contributed by atoms with Crippen molar-refractivity contribution in [3.63, 3.8) is 0 Å². The number of aliphatic hydroxyl groups excluding tert-OH is 1. The minimum atomic E-state index is -0.218. The van der Waals surface area contributed by atoms with E-state index in [9.17, 15) is 0 Å². The van der Waals surface area contributed by atoms with Crippen LogP contribution in [0.15, 0.2) is 23.8 Å². The van der Waals surface area contributed by atoms with Crippen LogP contribution < -0.4 is 0 Å². The lowest BCUT2D eigenvalue weighted by Gasteiger charge is -2.27. The van der Waals surface area contributed by atoms with Crippen molar-refractivity contribution in [2.45, 2.75) is 46.6 Å². The Morgan fingerprint density at radius 1 is 1.64 bits per heavy atom. The predicted octanol–water partition coefficient (Wildman–Crippen LogP) is 3.31. The minimum Gasteiger partial charge on any atom is -0.393 e. The first kappa shape index (κ1) is 11.5. The summed E-state index contributed by atoms with van der Waals surface area (Å²) in [6, 6.07) is 0. The zero-order valence-corrected chi connectivity index (χ0v) is 9.75. The van der Waals surface area contributed by atoms with E-state index in [1.807, 2.05) is 6.92 Å². The van der Waals surface area contributed by atoms with Crippen molar-refractivity contribution < 1.29 is 5.11 Å². The molecule has 80 valence electrons. The fraction of sp³-hybridized carbons (Fsp3) is 0.692. The Morgan fingerprint density at radius 3 is 2.71 bits per heavy atom. The van der Waals surface area contributed by atoms with Crippen molar-refractivity contribution in [3.05, 3.63) is 23.8 Å². The number of allylic oxidation sites excluding steroid dienone is 3. The van der Waals surface area contributed by atoms with Crippen molar-refractivity contribution in [2.24, 2.45) is 11.3 Å². The van der Waals surface area contributed by atoms with E-state index in [-0.39, 0.29) is 6.10 Å². The van der Waals surface area contributed by atoms with E-state index in [2.05, 4.69) is 39.0 Å². The molecule has 0 heterocycles. The Kier molecular flexibility index (Phi) is 3.54. The highest BCUT2D eigenvalue weighted by Crippen LogP contribution is 2.43. The molecule has 0 radical (unpaired) electrons. The van der Waals surface area contributed by atoms with E-state index < -0.39 is 0 Å². The molecule has 14 heavy (non-hydrogen) atoms. The SMILES string of the molecule is CC1=CCC(/C=C\CC(C)O)C1(C)C. The van der Waals surface area contributed by atoms with Crippen molar-refractivity contribution >= 4 is 0 Å². The van der Waals surface area contributed by atoms with E-state index in [4.69, 9.17) is 5.11 Å². The molecule has 1 heteroatoms. The molecule has 0 fully saturated rings. The summed E-state index contributed by atoms with van der Waals surface area (Å²) in [4.78, 5) is 0. The van der Waals surface area contributed by atoms with Crippen LogP contribution in [0.1, 0.15) is 40.5 Å². The standard InChI is InChI=1S/C13H22O/c1-10-8-9-12(13(10,3)4)7-5-6-11(2)14/h5,7-8,11-12,14H,6,9H2,1-4H3/b7-5-. The van der Waals surface area contributed by atoms with Crippen LogP contribution in [0.3, 0.4) is 0 Å². The van der Waals surface area contributed by atoms with Crippen LogP contribution in [0, 0.1) is 11.3 Å². The van der Waals surface area contributed by atoms with Gasteiger partial charge in [0.15, 0.2) is 0 Å². The third-order valence-electron chi connectivity index (χ3n) is 3.47. The third-order valence-corrected chi connectivity index (χ3v) is 3.47. The summed E-state index contributed by atoms with van der Waals surface area (Å²) < 4.78 is 0. The molecule has 1 aliphatic rings. The van der Waals surface area contributed by atoms with Gasteiger partial charge in [0.2, 0.25) is 0 Å². The number of hydrogen-bond donors (Lipinski definition) is 1. The van der Waals surface area contributed by atoms with Gasteiger partial charge in [-0.3, -0.25) is 0 Å². The maximum Gasteiger partial charge on any atom is 0.0546 e. The smallest absolute Gasteiger partial charge is 0.0546 e. The minimum absolute atomic E-state index is 0.218. The molecule has 0 amide bonds. The Balaban J connectivity index is 2.53. The van der Waals surface area contributed by atoms with Gasteiger partial charge in [0.1, 0.15) is 0 Å². The first-order valence-electron chi connectivity index (χ1n) is 5.46. The summed E-state index contributed by atoms with van der Waals surface area (Å²) in [6.07, 6.45) is 8.41. The van der Waals surface area contributed by atoms with Crippen LogP contribution in [0.2, 0.25) is 0 Å². The Bertz CT molecular complexity index is 246. The molecule has 0 saturated carbocycles. The highest BCUT2D eigenvalue weighted by molar-refractivity contribution is 5.21. The van der Waals surface area contributed by atoms with Crippen LogP contribution in [-0.2, 0) is 0 Å². The van der Waals surface area contributed by atoms with Gasteiger partial charge in [-0.1, -0.05) is 37.6 Å². The second-order valence-electron chi connectivity index (χ2n) is 4.96. The van der Waals surface area contributed by atoms with Gasteiger partial charge in [0.05, 0.1) is 6.10 Å². The second-order valence-corrected chi connectivity index (χ2v) is 4.96. The first-order chi connectivity index (χ1) is 6.44. The van der Waals surface area contributed by atoms with E-state index in [1.54, 1.807) is 0 Å². The zero-order valence-electron chi connectivity index (χ0n) is 9.75. The quantitative estimate of drug-likeness (QED) is 0.683. The lowest BCUT2D eigenvalue weighted by molar-refractivity contribution is 0.198. The lowest BCUT2D eigenvalue weighted by atomic mass is 9.77. The third kappa shape index (κ3) is 2.48. The topological polar surface area (TPSA) is 20.2 Å². The van der Waals surface area contributed by atoms with Gasteiger partial charge in [-0.25, -0.2) is 0 Å². The summed E-state index contributed by atoms with van der Waals surface area (Å²) in [5, 5.41) is 9.14. The van der Waals surface area contributed by atoms with Crippen molar-refractivity contribution in [1.82, 2.24) is 0 Å². The maximum absolute atomic E-state index is 9.14. The van der Waals surface area contributed by atoms with Crippen LogP contribution >= 0.6 is 0 Å². The van der Waals surface area contributed by atoms with Crippen molar-refractivity contribution in [1.29, 1.82) is 0 Å². The van der Waals surface area contributed by atoms with Gasteiger partial charge >= 0.3 is 0 Å². The number of aliphatic hydroxyl groups is 1. The average molecular weight is 194 g/mol. The molecule has 1 rings (SSSR count). The average Bonchev–Trinajstić information content (AvgIpc) is 2.30. The van der Waals surface area contributed by atoms with Gasteiger partial charge in [-0.05, 0) is 38.0 Å². The van der Waals surface area contributed by atoms with Gasteiger partial charge in [-0.15, -0.1) is 0 Å². The predicted molar refractivity (Wildman–Crippen MR) is 61.1 cm³/mol. The maximum atomic E-state index is 9.14. The Hall–Kier alpha value is -0.560. The summed E-state index contributed by atoms with van der Waals surface area (Å²) in [5.41, 5.74) is 1.79. The summed E-state index contributed by atoms with van der Waals surface area (Å²) in [6.45, 7) is 8.63. The number of hydrogen-bond acceptors (Lipinski definition) is 1. The van der Waals surface area contributed by atoms with Crippen LogP contribution in [-0.4, -0.2) is 11.2 Å². The van der Waals surface area contributed by atoms with E-state index in [1.165, 1.54) is 5.57 Å². The molecule has 0 saturated heterocycles. The van der Waals surface area contributed by atoms with E-state index in [0.29, 0.717) is 11.3 Å². The molecule has 2 atom stereocenters. The zero-order chi connectivity index (χ0) is 10.8. The molecular formula is C13H22O. The molecule has 1 nitrogen and oxygen atoms in total. The monoisotopic (exact) mass is 194 g/mol. The molecule has 0 aromatic heterocycles. The van der Waals surface area contributed by atoms with Gasteiger partial charge in [0, 0.05) is 0 Å². The molecule has 1 aliphatic carbocycles. The van der Waals surface area contributed by atoms with Crippen molar-refractivity contribution in [2.75, 3.05) is 0 Å². The molecule has 1 N–H and O–H groups in total. The van der Waals surface area contributed by atoms with Crippen LogP contribution in [0.5, 0.6) is 0 Å². The van der Waals surface area contributed by atoms with E-state index in [0.717, 1.165) is 12.8 Å². The highest BCUT2D eigenvalue weighted by atomic mass is 16.3. The molecule has 0 aromatic carbocycles. The summed E-state index contributed by atoms with van der Waals surface area (Å²) in [7, 11) is 0. The normalized spacial score (nSPS) is 28.1. The molecule has 0 aromatic rings. The largest absolute Gasteiger partial charge is 0.393 e. The molecular weight excluding hydrogens is 172 g/mol. The fourth-order valence-corrected chi connectivity index (χ4v) is 1.91. The van der Waals surface area contributed by atoms with Crippen LogP contribution in [0.4, 0.5) is 0 Å². The highest BCUT2D eigenvalue weighted by Gasteiger charge is 2.32. The van der Waals surface area contributed by atoms with Crippen LogP contribution in [0.25, 0.3) is 0 Å². The number of rotatable bonds is 3. The lowest BCUT2D eigenvalue weighted by Crippen LogP contribution is -2.18. The Morgan fingerprint density at radius 2 is 2.29 bits per heavy atom. The van der Waals surface area contributed by atoms with Gasteiger partial charge < -0.3 is 5.11 Å². The van der Waals surface area contributed by atoms with Crippen molar-refractivity contribution in [3.8, 4) is 0 Å². The fourth-order valence-electron chi connectivity index (χ4n) is 1.91. The summed E-state index contributed by atoms with van der Waals surface area (Å²) >= 11 is 0. The van der Waals surface area contributed by atoms with Gasteiger partial charge in [-0.2, -0.15) is 0 Å². The molecule has 0 aliphatic heterocycles. The van der Waals surface area contributed by atoms with E-state index >= 15 is 0 Å². The Labute approximate surface area is 87.5 Å². The summed E-state index contributed by atoms with van der Waals surface area (Å²) in [5.74, 6) is 0.612. The van der Waals surface area contributed by atoms with Gasteiger partial charge in [0.25, 0.3) is 0 Å².